The lowest BCUT2D eigenvalue weighted by atomic mass is 10.1. The van der Waals surface area contributed by atoms with Gasteiger partial charge in [0.15, 0.2) is 5.13 Å². The van der Waals surface area contributed by atoms with E-state index in [-0.39, 0.29) is 11.5 Å². The molecular formula is C28H28FN9OS2. The number of aromatic nitrogens is 3. The maximum atomic E-state index is 13.5. The molecule has 0 aliphatic carbocycles. The summed E-state index contributed by atoms with van der Waals surface area (Å²) < 4.78 is 27.6. The molecule has 1 atom stereocenters. The maximum absolute atomic E-state index is 13.5. The first-order valence-corrected chi connectivity index (χ1v) is 15.3. The minimum absolute atomic E-state index is 0.209. The van der Waals surface area contributed by atoms with Gasteiger partial charge >= 0.3 is 0 Å². The van der Waals surface area contributed by atoms with Crippen LogP contribution in [0.1, 0.15) is 37.1 Å². The molecule has 0 radical (unpaired) electrons. The highest BCUT2D eigenvalue weighted by Gasteiger charge is 2.27. The van der Waals surface area contributed by atoms with Gasteiger partial charge < -0.3 is 14.8 Å². The van der Waals surface area contributed by atoms with E-state index in [1.54, 1.807) is 41.0 Å². The van der Waals surface area contributed by atoms with Gasteiger partial charge in [-0.25, -0.2) is 24.3 Å². The van der Waals surface area contributed by atoms with Gasteiger partial charge in [-0.2, -0.15) is 9.57 Å². The number of nitrogens with zero attached hydrogens (tertiary/aromatic N) is 7. The molecule has 0 spiro atoms. The van der Waals surface area contributed by atoms with E-state index in [0.717, 1.165) is 12.8 Å². The van der Waals surface area contributed by atoms with Crippen molar-refractivity contribution < 1.29 is 8.94 Å². The summed E-state index contributed by atoms with van der Waals surface area (Å²) >= 11 is 0.0970. The highest BCUT2D eigenvalue weighted by Crippen LogP contribution is 2.35. The molecule has 5 rings (SSSR count). The zero-order valence-electron chi connectivity index (χ0n) is 22.6. The number of benzene rings is 1. The number of hydrogen-bond acceptors (Lipinski definition) is 11. The Morgan fingerprint density at radius 1 is 1.20 bits per heavy atom. The normalized spacial score (nSPS) is 18.1. The van der Waals surface area contributed by atoms with E-state index in [1.807, 2.05) is 18.7 Å². The van der Waals surface area contributed by atoms with Crippen LogP contribution in [-0.4, -0.2) is 56.3 Å². The molecule has 4 heterocycles. The third-order valence-corrected chi connectivity index (χ3v) is 8.91. The first kappa shape index (κ1) is 28.4. The summed E-state index contributed by atoms with van der Waals surface area (Å²) in [5.74, 6) is 1.25. The Morgan fingerprint density at radius 2 is 1.95 bits per heavy atom. The van der Waals surface area contributed by atoms with Gasteiger partial charge in [0, 0.05) is 36.6 Å². The first-order chi connectivity index (χ1) is 19.9. The van der Waals surface area contributed by atoms with Crippen LogP contribution in [0.25, 0.3) is 11.3 Å². The summed E-state index contributed by atoms with van der Waals surface area (Å²) in [4.78, 5) is 20.8. The Morgan fingerprint density at radius 3 is 2.61 bits per heavy atom. The summed E-state index contributed by atoms with van der Waals surface area (Å²) in [6, 6.07) is 8.09. The average molecular weight is 590 g/mol. The topological polar surface area (TPSA) is 140 Å². The average Bonchev–Trinajstić information content (AvgIpc) is 3.42. The molecule has 3 aromatic rings. The number of aliphatic imine (C=N–C) groups is 1. The van der Waals surface area contributed by atoms with Crippen molar-refractivity contribution in [1.29, 1.82) is 10.7 Å². The zero-order chi connectivity index (χ0) is 28.9. The fraction of sp³-hybridized carbons (Fsp3) is 0.286. The monoisotopic (exact) mass is 589 g/mol. The number of halogens is 1. The van der Waals surface area contributed by atoms with Gasteiger partial charge in [-0.3, -0.25) is 5.41 Å². The second-order valence-corrected chi connectivity index (χ2v) is 11.6. The minimum atomic E-state index is -1.13. The van der Waals surface area contributed by atoms with Crippen molar-refractivity contribution in [2.45, 2.75) is 26.7 Å². The van der Waals surface area contributed by atoms with Crippen LogP contribution in [0.5, 0.6) is 0 Å². The van der Waals surface area contributed by atoms with Crippen molar-refractivity contribution >= 4 is 45.2 Å². The fourth-order valence-electron chi connectivity index (χ4n) is 4.43. The number of nitrogens with one attached hydrogen (secondary N) is 2. The van der Waals surface area contributed by atoms with Crippen molar-refractivity contribution in [3.05, 3.63) is 76.6 Å². The van der Waals surface area contributed by atoms with Crippen molar-refractivity contribution in [2.24, 2.45) is 4.99 Å². The summed E-state index contributed by atoms with van der Waals surface area (Å²) in [7, 11) is 0. The van der Waals surface area contributed by atoms with Crippen molar-refractivity contribution in [3.8, 4) is 17.3 Å². The van der Waals surface area contributed by atoms with Crippen LogP contribution in [0.2, 0.25) is 0 Å². The lowest BCUT2D eigenvalue weighted by Crippen LogP contribution is -2.39. The molecule has 2 aliphatic heterocycles. The Labute approximate surface area is 244 Å². The van der Waals surface area contributed by atoms with Crippen LogP contribution in [0.4, 0.5) is 15.5 Å². The van der Waals surface area contributed by atoms with Gasteiger partial charge in [0.25, 0.3) is 5.95 Å². The Kier molecular flexibility index (Phi) is 8.72. The molecule has 210 valence electrons. The molecule has 13 heteroatoms. The lowest BCUT2D eigenvalue weighted by molar-refractivity contribution is 0.571. The predicted octanol–water partition coefficient (Wildman–Crippen LogP) is 4.56. The van der Waals surface area contributed by atoms with Gasteiger partial charge in [0.2, 0.25) is 0 Å². The van der Waals surface area contributed by atoms with Gasteiger partial charge in [-0.05, 0) is 63.1 Å². The Hall–Kier alpha value is -4.12. The molecular weight excluding hydrogens is 562 g/mol. The van der Waals surface area contributed by atoms with Crippen LogP contribution in [0.3, 0.4) is 0 Å². The Bertz CT molecular complexity index is 1560. The summed E-state index contributed by atoms with van der Waals surface area (Å²) in [5, 5.41) is 22.4. The number of rotatable bonds is 8. The summed E-state index contributed by atoms with van der Waals surface area (Å²) in [6.07, 6.45) is 8.60. The molecule has 0 bridgehead atoms. The van der Waals surface area contributed by atoms with Crippen LogP contribution in [0.15, 0.2) is 65.3 Å². The molecule has 2 aromatic heterocycles. The molecule has 0 amide bonds. The molecule has 1 fully saturated rings. The van der Waals surface area contributed by atoms with E-state index < -0.39 is 11.4 Å². The number of anilines is 2. The van der Waals surface area contributed by atoms with Gasteiger partial charge in [0.1, 0.15) is 39.7 Å². The fourth-order valence-corrected chi connectivity index (χ4v) is 6.67. The second-order valence-electron chi connectivity index (χ2n) is 9.12. The molecule has 1 unspecified atom stereocenters. The van der Waals surface area contributed by atoms with Crippen molar-refractivity contribution in [1.82, 2.24) is 20.3 Å². The summed E-state index contributed by atoms with van der Waals surface area (Å²) in [5.41, 5.74) is 2.98. The predicted molar refractivity (Wildman–Crippen MR) is 161 cm³/mol. The minimum Gasteiger partial charge on any atom is -0.593 e. The van der Waals surface area contributed by atoms with Crippen molar-refractivity contribution in [2.75, 3.05) is 34.6 Å². The largest absolute Gasteiger partial charge is 0.593 e. The molecule has 1 aromatic carbocycles. The first-order valence-electron chi connectivity index (χ1n) is 13.2. The van der Waals surface area contributed by atoms with E-state index in [1.165, 1.54) is 23.5 Å². The third kappa shape index (κ3) is 6.00. The lowest BCUT2D eigenvalue weighted by Gasteiger charge is -2.28. The van der Waals surface area contributed by atoms with Crippen LogP contribution >= 0.6 is 11.3 Å². The molecule has 2 aliphatic rings. The van der Waals surface area contributed by atoms with E-state index >= 15 is 0 Å². The highest BCUT2D eigenvalue weighted by molar-refractivity contribution is 7.92. The third-order valence-electron chi connectivity index (χ3n) is 6.45. The van der Waals surface area contributed by atoms with E-state index in [0.29, 0.717) is 75.4 Å². The van der Waals surface area contributed by atoms with Gasteiger partial charge in [0.05, 0.1) is 29.3 Å². The van der Waals surface area contributed by atoms with E-state index in [2.05, 4.69) is 21.4 Å². The quantitative estimate of drug-likeness (QED) is 0.365. The zero-order valence-corrected chi connectivity index (χ0v) is 24.2. The maximum Gasteiger partial charge on any atom is 0.267 e. The number of nitriles is 1. The molecule has 0 saturated carbocycles. The number of thiazole rings is 1. The van der Waals surface area contributed by atoms with Crippen LogP contribution in [0, 0.1) is 22.6 Å². The Balaban J connectivity index is 1.51. The molecule has 41 heavy (non-hydrogen) atoms. The molecule has 10 nitrogen and oxygen atoms in total. The van der Waals surface area contributed by atoms with Crippen molar-refractivity contribution in [3.63, 3.8) is 0 Å². The standard InChI is InChI=1S/C28H28FN9OS2/c1-3-32-26(37(4-2)28-36-24(23(15-30)40-28)18-7-9-20(29)10-8-18)25-21(31)11-12-22(35-25)19-16-33-27(34-17-19)38-13-5-6-14-41(38)39/h7-12,16-17,31-32H,3-6,13-14H2,1-2H3/b26-25-,31-21?. The molecule has 1 saturated heterocycles. The van der Waals surface area contributed by atoms with E-state index in [9.17, 15) is 14.2 Å². The second kappa shape index (κ2) is 12.6. The number of hydrogen-bond donors (Lipinski definition) is 2. The number of dihydropyridines is 1. The molecule has 2 N–H and O–H groups in total. The van der Waals surface area contributed by atoms with Gasteiger partial charge in [-0.15, -0.1) is 0 Å². The SMILES string of the molecule is CCN/C(=C1/N=C(c2cnc(N3CCCC[S+]3[O-])nc2)C=CC1=N)N(CC)c1nc(-c2ccc(F)cc2)c(C#N)s1. The summed E-state index contributed by atoms with van der Waals surface area (Å²) in [6.45, 7) is 5.60. The number of allylic oxidation sites excluding steroid dienone is 2. The van der Waals surface area contributed by atoms with E-state index in [4.69, 9.17) is 15.4 Å². The van der Waals surface area contributed by atoms with Crippen LogP contribution < -0.4 is 14.5 Å². The smallest absolute Gasteiger partial charge is 0.267 e. The van der Waals surface area contributed by atoms with Crippen LogP contribution in [-0.2, 0) is 11.4 Å². The highest BCUT2D eigenvalue weighted by atomic mass is 32.2. The van der Waals surface area contributed by atoms with Gasteiger partial charge in [-0.1, -0.05) is 11.3 Å².